The fourth-order valence-electron chi connectivity index (χ4n) is 2.39. The number of benzene rings is 3. The summed E-state index contributed by atoms with van der Waals surface area (Å²) in [5.74, 6) is 0.215. The van der Waals surface area contributed by atoms with Crippen molar-refractivity contribution in [3.05, 3.63) is 119 Å². The Morgan fingerprint density at radius 3 is 0.935 bits per heavy atom. The third-order valence-electron chi connectivity index (χ3n) is 4.41. The zero-order valence-electron chi connectivity index (χ0n) is 18.5. The van der Waals surface area contributed by atoms with Gasteiger partial charge in [0, 0.05) is 0 Å². The number of para-hydroxylation sites is 3. The molecule has 3 nitrogen and oxygen atoms in total. The van der Waals surface area contributed by atoms with E-state index in [2.05, 4.69) is 33.8 Å². The van der Waals surface area contributed by atoms with Crippen LogP contribution in [0.15, 0.2) is 97.1 Å². The van der Waals surface area contributed by atoms with E-state index in [4.69, 9.17) is 0 Å². The molecule has 0 atom stereocenters. The van der Waals surface area contributed by atoms with Crippen LogP contribution in [0.5, 0.6) is 17.2 Å². The van der Waals surface area contributed by atoms with Crippen molar-refractivity contribution < 1.29 is 37.0 Å². The molecule has 0 amide bonds. The summed E-state index contributed by atoms with van der Waals surface area (Å²) in [6, 6.07) is 27.2. The van der Waals surface area contributed by atoms with Crippen molar-refractivity contribution in [2.45, 2.75) is 27.7 Å². The molecule has 0 saturated carbocycles. The van der Waals surface area contributed by atoms with Crippen LogP contribution in [0, 0.1) is 27.7 Å². The SMILES string of the molecule is Cc1c[c-](C)c(C)c1C.[O-]c1ccccc1.[O-]c1ccccc1.[O-]c1ccccc1.[Ti+4]. The summed E-state index contributed by atoms with van der Waals surface area (Å²) >= 11 is 0. The first-order valence-electron chi connectivity index (χ1n) is 9.67. The van der Waals surface area contributed by atoms with Gasteiger partial charge in [0.15, 0.2) is 0 Å². The molecule has 4 rings (SSSR count). The second kappa shape index (κ2) is 15.9. The molecule has 31 heavy (non-hydrogen) atoms. The van der Waals surface area contributed by atoms with Crippen molar-refractivity contribution in [1.29, 1.82) is 0 Å². The van der Waals surface area contributed by atoms with Crippen molar-refractivity contribution >= 4 is 0 Å². The summed E-state index contributed by atoms with van der Waals surface area (Å²) in [7, 11) is 0. The van der Waals surface area contributed by atoms with E-state index in [1.54, 1.807) is 36.4 Å². The molecule has 0 aliphatic heterocycles. The Morgan fingerprint density at radius 2 is 0.839 bits per heavy atom. The Hall–Kier alpha value is -2.88. The second-order valence-electron chi connectivity index (χ2n) is 6.70. The predicted octanol–water partition coefficient (Wildman–Crippen LogP) is 4.92. The minimum atomic E-state index is 0. The number of rotatable bonds is 0. The maximum Gasteiger partial charge on any atom is 4.00 e. The van der Waals surface area contributed by atoms with E-state index in [-0.39, 0.29) is 39.0 Å². The molecule has 0 radical (unpaired) electrons. The summed E-state index contributed by atoms with van der Waals surface area (Å²) in [5.41, 5.74) is 5.75. The summed E-state index contributed by atoms with van der Waals surface area (Å²) < 4.78 is 0. The molecule has 0 aliphatic rings. The van der Waals surface area contributed by atoms with Crippen LogP contribution in [-0.2, 0) is 21.7 Å². The van der Waals surface area contributed by atoms with Gasteiger partial charge in [0.1, 0.15) is 0 Å². The van der Waals surface area contributed by atoms with Gasteiger partial charge in [0.25, 0.3) is 0 Å². The van der Waals surface area contributed by atoms with Gasteiger partial charge >= 0.3 is 21.7 Å². The molecule has 4 heteroatoms. The third-order valence-corrected chi connectivity index (χ3v) is 4.41. The van der Waals surface area contributed by atoms with Gasteiger partial charge in [-0.05, 0) is 0 Å². The van der Waals surface area contributed by atoms with Gasteiger partial charge in [-0.25, -0.2) is 0 Å². The average molecular weight is 448 g/mol. The standard InChI is InChI=1S/C9H13.3C6H6O.Ti/c1-6-5-7(2)9(4)8(6)3;3*7-6-4-2-1-3-5-6;/h5H,1-4H3;3*1-5,7H;/q-1;;;;+4/p-3. The Balaban J connectivity index is 0.000000385. The van der Waals surface area contributed by atoms with E-state index in [0.29, 0.717) is 0 Å². The first-order valence-corrected chi connectivity index (χ1v) is 9.67. The van der Waals surface area contributed by atoms with Crippen molar-refractivity contribution in [2.75, 3.05) is 0 Å². The molecule has 4 aromatic carbocycles. The van der Waals surface area contributed by atoms with Crippen LogP contribution in [0.25, 0.3) is 0 Å². The maximum absolute atomic E-state index is 10.3. The van der Waals surface area contributed by atoms with Crippen molar-refractivity contribution in [3.8, 4) is 17.2 Å². The molecule has 0 fully saturated rings. The van der Waals surface area contributed by atoms with Gasteiger partial charge in [-0.3, -0.25) is 0 Å². The van der Waals surface area contributed by atoms with Crippen LogP contribution in [0.4, 0.5) is 0 Å². The molecular weight excluding hydrogens is 420 g/mol. The number of aryl methyl sites for hydroxylation is 2. The summed E-state index contributed by atoms with van der Waals surface area (Å²) in [6.45, 7) is 8.68. The Morgan fingerprint density at radius 1 is 0.548 bits per heavy atom. The predicted molar refractivity (Wildman–Crippen MR) is 119 cm³/mol. The van der Waals surface area contributed by atoms with E-state index < -0.39 is 0 Å². The fraction of sp³-hybridized carbons (Fsp3) is 0.148. The zero-order chi connectivity index (χ0) is 22.4. The normalized spacial score (nSPS) is 8.77. The summed E-state index contributed by atoms with van der Waals surface area (Å²) in [5, 5.41) is 30.8. The quantitative estimate of drug-likeness (QED) is 0.283. The van der Waals surface area contributed by atoms with E-state index in [1.165, 1.54) is 58.7 Å². The summed E-state index contributed by atoms with van der Waals surface area (Å²) in [6.07, 6.45) is 0. The van der Waals surface area contributed by atoms with E-state index in [1.807, 2.05) is 18.2 Å². The first-order chi connectivity index (χ1) is 14.3. The Kier molecular flexibility index (Phi) is 14.4. The summed E-state index contributed by atoms with van der Waals surface area (Å²) in [4.78, 5) is 0. The third kappa shape index (κ3) is 12.4. The molecule has 0 N–H and O–H groups in total. The van der Waals surface area contributed by atoms with Gasteiger partial charge in [0.2, 0.25) is 0 Å². The van der Waals surface area contributed by atoms with Crippen LogP contribution in [0.2, 0.25) is 0 Å². The van der Waals surface area contributed by atoms with E-state index in [0.717, 1.165) is 0 Å². The van der Waals surface area contributed by atoms with Crippen molar-refractivity contribution in [3.63, 3.8) is 0 Å². The molecule has 0 saturated heterocycles. The fourth-order valence-corrected chi connectivity index (χ4v) is 2.39. The van der Waals surface area contributed by atoms with Crippen LogP contribution < -0.4 is 15.3 Å². The largest absolute Gasteiger partial charge is 4.00 e. The molecule has 0 bridgehead atoms. The van der Waals surface area contributed by atoms with Gasteiger partial charge in [-0.2, -0.15) is 28.3 Å². The minimum absolute atomic E-state index is 0. The van der Waals surface area contributed by atoms with Gasteiger partial charge in [-0.15, -0.1) is 17.2 Å². The van der Waals surface area contributed by atoms with E-state index in [9.17, 15) is 15.3 Å². The molecular formula is C27H28O3Ti. The monoisotopic (exact) mass is 448 g/mol. The number of hydrogen-bond donors (Lipinski definition) is 0. The second-order valence-corrected chi connectivity index (χ2v) is 6.70. The van der Waals surface area contributed by atoms with Crippen LogP contribution >= 0.6 is 0 Å². The molecule has 0 heterocycles. The van der Waals surface area contributed by atoms with Crippen LogP contribution in [0.3, 0.4) is 0 Å². The molecule has 158 valence electrons. The van der Waals surface area contributed by atoms with Gasteiger partial charge < -0.3 is 15.3 Å². The van der Waals surface area contributed by atoms with E-state index >= 15 is 0 Å². The zero-order valence-corrected chi connectivity index (χ0v) is 20.0. The minimum Gasteiger partial charge on any atom is -0.872 e. The molecule has 0 aliphatic carbocycles. The first kappa shape index (κ1) is 28.1. The maximum atomic E-state index is 10.3. The molecule has 0 aromatic heterocycles. The van der Waals surface area contributed by atoms with Crippen LogP contribution in [-0.4, -0.2) is 0 Å². The smallest absolute Gasteiger partial charge is 0.872 e. The number of hydrogen-bond acceptors (Lipinski definition) is 3. The molecule has 0 spiro atoms. The van der Waals surface area contributed by atoms with Crippen LogP contribution in [0.1, 0.15) is 22.3 Å². The Bertz CT molecular complexity index is 838. The van der Waals surface area contributed by atoms with Crippen molar-refractivity contribution in [2.24, 2.45) is 0 Å². The topological polar surface area (TPSA) is 69.2 Å². The van der Waals surface area contributed by atoms with Gasteiger partial charge in [0.05, 0.1) is 0 Å². The average Bonchev–Trinajstić information content (AvgIpc) is 2.97. The molecule has 0 unspecified atom stereocenters. The molecule has 4 aromatic rings. The Labute approximate surface area is 200 Å². The van der Waals surface area contributed by atoms with Crippen molar-refractivity contribution in [1.82, 2.24) is 0 Å². The van der Waals surface area contributed by atoms with Gasteiger partial charge in [-0.1, -0.05) is 119 Å².